The summed E-state index contributed by atoms with van der Waals surface area (Å²) in [6, 6.07) is 12.6. The zero-order valence-electron chi connectivity index (χ0n) is 15.1. The van der Waals surface area contributed by atoms with E-state index >= 15 is 0 Å². The summed E-state index contributed by atoms with van der Waals surface area (Å²) in [6.45, 7) is 0.867. The molecule has 5 nitrogen and oxygen atoms in total. The largest absolute Gasteiger partial charge is 0.493 e. The lowest BCUT2D eigenvalue weighted by molar-refractivity contribution is -0.125. The van der Waals surface area contributed by atoms with Crippen LogP contribution in [-0.2, 0) is 4.79 Å². The molecule has 0 aromatic heterocycles. The van der Waals surface area contributed by atoms with Crippen LogP contribution < -0.4 is 14.2 Å². The van der Waals surface area contributed by atoms with Crippen LogP contribution >= 0.6 is 11.6 Å². The van der Waals surface area contributed by atoms with Gasteiger partial charge in [-0.15, -0.1) is 0 Å². The molecule has 0 atom stereocenters. The minimum absolute atomic E-state index is 0.112. The van der Waals surface area contributed by atoms with Crippen molar-refractivity contribution in [3.63, 3.8) is 0 Å². The highest BCUT2D eigenvalue weighted by atomic mass is 35.5. The molecule has 0 radical (unpaired) electrons. The molecule has 0 saturated carbocycles. The molecule has 6 heteroatoms. The van der Waals surface area contributed by atoms with E-state index in [9.17, 15) is 4.79 Å². The Morgan fingerprint density at radius 1 is 1.08 bits per heavy atom. The average molecular weight is 376 g/mol. The predicted molar refractivity (Wildman–Crippen MR) is 103 cm³/mol. The van der Waals surface area contributed by atoms with Gasteiger partial charge < -0.3 is 19.1 Å². The topological polar surface area (TPSA) is 48.0 Å². The zero-order valence-corrected chi connectivity index (χ0v) is 15.8. The van der Waals surface area contributed by atoms with Crippen LogP contribution in [0.1, 0.15) is 5.56 Å². The first-order valence-corrected chi connectivity index (χ1v) is 8.45. The van der Waals surface area contributed by atoms with Gasteiger partial charge in [-0.2, -0.15) is 0 Å². The van der Waals surface area contributed by atoms with Gasteiger partial charge in [-0.25, -0.2) is 0 Å². The van der Waals surface area contributed by atoms with Gasteiger partial charge in [0.2, 0.25) is 5.91 Å². The third-order valence-corrected chi connectivity index (χ3v) is 3.96. The molecule has 0 saturated heterocycles. The number of halogens is 1. The van der Waals surface area contributed by atoms with Crippen LogP contribution in [0.3, 0.4) is 0 Å². The van der Waals surface area contributed by atoms with E-state index in [0.29, 0.717) is 29.7 Å². The van der Waals surface area contributed by atoms with E-state index in [4.69, 9.17) is 25.8 Å². The van der Waals surface area contributed by atoms with Crippen molar-refractivity contribution in [1.29, 1.82) is 0 Å². The number of carbonyl (C=O) groups is 1. The summed E-state index contributed by atoms with van der Waals surface area (Å²) < 4.78 is 16.0. The molecule has 1 amide bonds. The molecule has 138 valence electrons. The number of hydrogen-bond acceptors (Lipinski definition) is 4. The van der Waals surface area contributed by atoms with Gasteiger partial charge in [-0.05, 0) is 48.0 Å². The standard InChI is InChI=1S/C20H22ClNO4/c1-22(12-13-26-17-8-6-16(21)7-9-17)20(23)11-5-15-4-10-18(24-2)19(14-15)25-3/h4-11,14H,12-13H2,1-3H3. The van der Waals surface area contributed by atoms with Crippen molar-refractivity contribution in [2.24, 2.45) is 0 Å². The van der Waals surface area contributed by atoms with Gasteiger partial charge in [0, 0.05) is 18.1 Å². The molecule has 0 spiro atoms. The van der Waals surface area contributed by atoms with Gasteiger partial charge in [0.05, 0.1) is 20.8 Å². The molecule has 0 aliphatic carbocycles. The maximum absolute atomic E-state index is 12.2. The van der Waals surface area contributed by atoms with Crippen molar-refractivity contribution in [1.82, 2.24) is 4.90 Å². The van der Waals surface area contributed by atoms with E-state index < -0.39 is 0 Å². The minimum atomic E-state index is -0.112. The van der Waals surface area contributed by atoms with Crippen LogP contribution in [0.5, 0.6) is 17.2 Å². The number of hydrogen-bond donors (Lipinski definition) is 0. The summed E-state index contributed by atoms with van der Waals surface area (Å²) in [4.78, 5) is 13.8. The zero-order chi connectivity index (χ0) is 18.9. The van der Waals surface area contributed by atoms with Crippen LogP contribution in [0.15, 0.2) is 48.5 Å². The Kier molecular flexibility index (Phi) is 7.36. The van der Waals surface area contributed by atoms with Gasteiger partial charge in [-0.3, -0.25) is 4.79 Å². The molecule has 26 heavy (non-hydrogen) atoms. The van der Waals surface area contributed by atoms with Crippen LogP contribution in [0.25, 0.3) is 6.08 Å². The van der Waals surface area contributed by atoms with Gasteiger partial charge in [0.1, 0.15) is 12.4 Å². The molecule has 2 rings (SSSR count). The molecule has 0 N–H and O–H groups in total. The maximum Gasteiger partial charge on any atom is 0.246 e. The van der Waals surface area contributed by atoms with Crippen LogP contribution in [0.2, 0.25) is 5.02 Å². The second-order valence-corrected chi connectivity index (χ2v) is 5.95. The Morgan fingerprint density at radius 3 is 2.42 bits per heavy atom. The molecule has 0 fully saturated rings. The lowest BCUT2D eigenvalue weighted by Crippen LogP contribution is -2.29. The third-order valence-electron chi connectivity index (χ3n) is 3.71. The molecule has 0 heterocycles. The Morgan fingerprint density at radius 2 is 1.77 bits per heavy atom. The first-order valence-electron chi connectivity index (χ1n) is 8.07. The Hall–Kier alpha value is -2.66. The fourth-order valence-electron chi connectivity index (χ4n) is 2.19. The highest BCUT2D eigenvalue weighted by Gasteiger charge is 2.06. The monoisotopic (exact) mass is 375 g/mol. The van der Waals surface area contributed by atoms with E-state index in [1.807, 2.05) is 12.1 Å². The predicted octanol–water partition coefficient (Wildman–Crippen LogP) is 3.91. The van der Waals surface area contributed by atoms with E-state index in [-0.39, 0.29) is 5.91 Å². The summed E-state index contributed by atoms with van der Waals surface area (Å²) in [5, 5.41) is 0.657. The van der Waals surface area contributed by atoms with Gasteiger partial charge in [0.15, 0.2) is 11.5 Å². The number of likely N-dealkylation sites (N-methyl/N-ethyl adjacent to an activating group) is 1. The summed E-state index contributed by atoms with van der Waals surface area (Å²) in [5.74, 6) is 1.87. The van der Waals surface area contributed by atoms with Gasteiger partial charge in [0.25, 0.3) is 0 Å². The Balaban J connectivity index is 1.86. The van der Waals surface area contributed by atoms with Gasteiger partial charge in [-0.1, -0.05) is 17.7 Å². The van der Waals surface area contributed by atoms with Crippen molar-refractivity contribution < 1.29 is 19.0 Å². The smallest absolute Gasteiger partial charge is 0.246 e. The quantitative estimate of drug-likeness (QED) is 0.656. The second kappa shape index (κ2) is 9.73. The number of benzene rings is 2. The SMILES string of the molecule is COc1ccc(C=CC(=O)N(C)CCOc2ccc(Cl)cc2)cc1OC. The second-order valence-electron chi connectivity index (χ2n) is 5.51. The highest BCUT2D eigenvalue weighted by molar-refractivity contribution is 6.30. The minimum Gasteiger partial charge on any atom is -0.493 e. The Bertz CT molecular complexity index is 759. The van der Waals surface area contributed by atoms with Crippen molar-refractivity contribution in [3.8, 4) is 17.2 Å². The highest BCUT2D eigenvalue weighted by Crippen LogP contribution is 2.27. The van der Waals surface area contributed by atoms with Crippen LogP contribution in [0.4, 0.5) is 0 Å². The summed E-state index contributed by atoms with van der Waals surface area (Å²) in [7, 11) is 4.88. The first-order chi connectivity index (χ1) is 12.5. The van der Waals surface area contributed by atoms with E-state index in [0.717, 1.165) is 11.3 Å². The number of methoxy groups -OCH3 is 2. The number of nitrogens with zero attached hydrogens (tertiary/aromatic N) is 1. The van der Waals surface area contributed by atoms with E-state index in [1.54, 1.807) is 62.6 Å². The fourth-order valence-corrected chi connectivity index (χ4v) is 2.32. The normalized spacial score (nSPS) is 10.6. The fraction of sp³-hybridized carbons (Fsp3) is 0.250. The molecule has 0 bridgehead atoms. The van der Waals surface area contributed by atoms with Gasteiger partial charge >= 0.3 is 0 Å². The van der Waals surface area contributed by atoms with Crippen molar-refractivity contribution in [3.05, 3.63) is 59.1 Å². The molecule has 0 aliphatic rings. The average Bonchev–Trinajstić information content (AvgIpc) is 2.67. The summed E-state index contributed by atoms with van der Waals surface area (Å²) in [5.41, 5.74) is 0.849. The maximum atomic E-state index is 12.2. The molecular weight excluding hydrogens is 354 g/mol. The lowest BCUT2D eigenvalue weighted by atomic mass is 10.2. The van der Waals surface area contributed by atoms with Crippen molar-refractivity contribution in [2.75, 3.05) is 34.4 Å². The summed E-state index contributed by atoms with van der Waals surface area (Å²) in [6.07, 6.45) is 3.25. The third kappa shape index (κ3) is 5.70. The molecule has 2 aromatic carbocycles. The van der Waals surface area contributed by atoms with Crippen molar-refractivity contribution in [2.45, 2.75) is 0 Å². The number of amides is 1. The van der Waals surface area contributed by atoms with E-state index in [2.05, 4.69) is 0 Å². The number of rotatable bonds is 8. The van der Waals surface area contributed by atoms with Crippen molar-refractivity contribution >= 4 is 23.6 Å². The molecular formula is C20H22ClNO4. The Labute approximate surface area is 158 Å². The molecule has 2 aromatic rings. The lowest BCUT2D eigenvalue weighted by Gasteiger charge is -2.15. The molecule has 0 unspecified atom stereocenters. The number of carbonyl (C=O) groups excluding carboxylic acids is 1. The van der Waals surface area contributed by atoms with Crippen LogP contribution in [-0.4, -0.2) is 45.2 Å². The number of ether oxygens (including phenoxy) is 3. The molecule has 0 aliphatic heterocycles. The first kappa shape index (κ1) is 19.7. The van der Waals surface area contributed by atoms with E-state index in [1.165, 1.54) is 6.08 Å². The summed E-state index contributed by atoms with van der Waals surface area (Å²) >= 11 is 5.83. The van der Waals surface area contributed by atoms with Crippen LogP contribution in [0, 0.1) is 0 Å².